The van der Waals surface area contributed by atoms with Crippen LogP contribution >= 0.6 is 0 Å². The minimum atomic E-state index is 0.686. The van der Waals surface area contributed by atoms with Gasteiger partial charge in [-0.05, 0) is 32.4 Å². The fourth-order valence-corrected chi connectivity index (χ4v) is 1.32. The first kappa shape index (κ1) is 12.9. The van der Waals surface area contributed by atoms with Gasteiger partial charge >= 0.3 is 0 Å². The summed E-state index contributed by atoms with van der Waals surface area (Å²) in [6, 6.07) is 0.836. The minimum absolute atomic E-state index is 0.686. The van der Waals surface area contributed by atoms with Crippen molar-refractivity contribution in [2.45, 2.75) is 25.3 Å². The van der Waals surface area contributed by atoms with Gasteiger partial charge in [-0.15, -0.1) is 0 Å². The maximum Gasteiger partial charge on any atom is 0.0700 e. The summed E-state index contributed by atoms with van der Waals surface area (Å²) in [4.78, 5) is 0. The maximum absolute atomic E-state index is 5.33. The summed E-state index contributed by atoms with van der Waals surface area (Å²) in [5.74, 6) is 0. The molecule has 15 heavy (non-hydrogen) atoms. The van der Waals surface area contributed by atoms with Crippen LogP contribution in [0.15, 0.2) is 0 Å². The molecule has 1 saturated carbocycles. The molecular weight excluding hydrogens is 192 g/mol. The van der Waals surface area contributed by atoms with Crippen molar-refractivity contribution in [2.75, 3.05) is 46.6 Å². The molecule has 4 nitrogen and oxygen atoms in total. The first-order valence-electron chi connectivity index (χ1n) is 5.94. The van der Waals surface area contributed by atoms with E-state index in [0.717, 1.165) is 32.3 Å². The van der Waals surface area contributed by atoms with Crippen LogP contribution in [0.3, 0.4) is 0 Å². The van der Waals surface area contributed by atoms with Gasteiger partial charge in [0, 0.05) is 19.7 Å². The normalized spacial score (nSPS) is 15.8. The monoisotopic (exact) mass is 216 g/mol. The van der Waals surface area contributed by atoms with Gasteiger partial charge < -0.3 is 20.1 Å². The first-order chi connectivity index (χ1) is 7.43. The van der Waals surface area contributed by atoms with Crippen molar-refractivity contribution in [2.24, 2.45) is 0 Å². The SMILES string of the molecule is COCCOCCNCCCNC1CC1. The zero-order valence-corrected chi connectivity index (χ0v) is 9.76. The Hall–Kier alpha value is -0.160. The molecule has 0 radical (unpaired) electrons. The second-order valence-electron chi connectivity index (χ2n) is 3.94. The number of hydrogen-bond acceptors (Lipinski definition) is 4. The van der Waals surface area contributed by atoms with Crippen LogP contribution in [0.25, 0.3) is 0 Å². The number of nitrogens with one attached hydrogen (secondary N) is 2. The van der Waals surface area contributed by atoms with Crippen LogP contribution < -0.4 is 10.6 Å². The Morgan fingerprint density at radius 3 is 2.67 bits per heavy atom. The molecule has 1 aliphatic carbocycles. The van der Waals surface area contributed by atoms with Gasteiger partial charge in [0.15, 0.2) is 0 Å². The van der Waals surface area contributed by atoms with Crippen molar-refractivity contribution in [3.63, 3.8) is 0 Å². The summed E-state index contributed by atoms with van der Waals surface area (Å²) in [6.07, 6.45) is 3.95. The second kappa shape index (κ2) is 9.09. The van der Waals surface area contributed by atoms with E-state index < -0.39 is 0 Å². The molecule has 0 saturated heterocycles. The molecule has 0 aliphatic heterocycles. The Balaban J connectivity index is 1.62. The molecule has 2 N–H and O–H groups in total. The van der Waals surface area contributed by atoms with Crippen molar-refractivity contribution in [1.29, 1.82) is 0 Å². The largest absolute Gasteiger partial charge is 0.382 e. The Morgan fingerprint density at radius 1 is 1.07 bits per heavy atom. The lowest BCUT2D eigenvalue weighted by molar-refractivity contribution is 0.0720. The van der Waals surface area contributed by atoms with Gasteiger partial charge in [-0.1, -0.05) is 0 Å². The van der Waals surface area contributed by atoms with Crippen LogP contribution in [0.1, 0.15) is 19.3 Å². The van der Waals surface area contributed by atoms with E-state index in [2.05, 4.69) is 10.6 Å². The zero-order valence-electron chi connectivity index (χ0n) is 9.76. The molecule has 0 aromatic heterocycles. The number of hydrogen-bond donors (Lipinski definition) is 2. The van der Waals surface area contributed by atoms with Gasteiger partial charge in [0.2, 0.25) is 0 Å². The predicted molar refractivity (Wildman–Crippen MR) is 61.2 cm³/mol. The number of ether oxygens (including phenoxy) is 2. The van der Waals surface area contributed by atoms with Crippen LogP contribution in [0.4, 0.5) is 0 Å². The Morgan fingerprint density at radius 2 is 1.93 bits per heavy atom. The molecule has 0 heterocycles. The van der Waals surface area contributed by atoms with E-state index in [1.165, 1.54) is 19.3 Å². The third kappa shape index (κ3) is 8.81. The van der Waals surface area contributed by atoms with E-state index in [1.54, 1.807) is 7.11 Å². The molecule has 90 valence electrons. The summed E-state index contributed by atoms with van der Waals surface area (Å²) in [5, 5.41) is 6.84. The van der Waals surface area contributed by atoms with Gasteiger partial charge in [-0.3, -0.25) is 0 Å². The summed E-state index contributed by atoms with van der Waals surface area (Å²) in [5.41, 5.74) is 0. The van der Waals surface area contributed by atoms with E-state index in [0.29, 0.717) is 13.2 Å². The molecule has 0 unspecified atom stereocenters. The second-order valence-corrected chi connectivity index (χ2v) is 3.94. The van der Waals surface area contributed by atoms with Crippen molar-refractivity contribution < 1.29 is 9.47 Å². The van der Waals surface area contributed by atoms with Crippen molar-refractivity contribution in [1.82, 2.24) is 10.6 Å². The Bertz CT molecular complexity index is 141. The van der Waals surface area contributed by atoms with Crippen LogP contribution in [0.2, 0.25) is 0 Å². The van der Waals surface area contributed by atoms with Crippen molar-refractivity contribution in [3.05, 3.63) is 0 Å². The highest BCUT2D eigenvalue weighted by atomic mass is 16.5. The topological polar surface area (TPSA) is 42.5 Å². The summed E-state index contributed by atoms with van der Waals surface area (Å²) < 4.78 is 10.2. The van der Waals surface area contributed by atoms with Crippen LogP contribution in [-0.2, 0) is 9.47 Å². The van der Waals surface area contributed by atoms with E-state index in [1.807, 2.05) is 0 Å². The lowest BCUT2D eigenvalue weighted by atomic mass is 10.4. The predicted octanol–water partition coefficient (Wildman–Crippen LogP) is 0.381. The minimum Gasteiger partial charge on any atom is -0.382 e. The van der Waals surface area contributed by atoms with Gasteiger partial charge in [0.1, 0.15) is 0 Å². The highest BCUT2D eigenvalue weighted by Crippen LogP contribution is 2.18. The van der Waals surface area contributed by atoms with Gasteiger partial charge in [0.05, 0.1) is 19.8 Å². The number of rotatable bonds is 11. The fraction of sp³-hybridized carbons (Fsp3) is 1.00. The molecule has 0 bridgehead atoms. The standard InChI is InChI=1S/C11H24N2O2/c1-14-9-10-15-8-7-12-5-2-6-13-11-3-4-11/h11-13H,2-10H2,1H3. The maximum atomic E-state index is 5.33. The lowest BCUT2D eigenvalue weighted by Gasteiger charge is -2.06. The first-order valence-corrected chi connectivity index (χ1v) is 5.94. The van der Waals surface area contributed by atoms with Gasteiger partial charge in [-0.25, -0.2) is 0 Å². The zero-order chi connectivity index (χ0) is 10.8. The van der Waals surface area contributed by atoms with Gasteiger partial charge in [0.25, 0.3) is 0 Å². The molecule has 0 atom stereocenters. The quantitative estimate of drug-likeness (QED) is 0.490. The van der Waals surface area contributed by atoms with Crippen molar-refractivity contribution in [3.8, 4) is 0 Å². The van der Waals surface area contributed by atoms with Crippen molar-refractivity contribution >= 4 is 0 Å². The smallest absolute Gasteiger partial charge is 0.0700 e. The molecule has 1 aliphatic rings. The Kier molecular flexibility index (Phi) is 7.83. The molecule has 1 fully saturated rings. The molecule has 0 aromatic rings. The van der Waals surface area contributed by atoms with E-state index >= 15 is 0 Å². The summed E-state index contributed by atoms with van der Waals surface area (Å²) in [6.45, 7) is 5.31. The van der Waals surface area contributed by atoms with E-state index in [-0.39, 0.29) is 0 Å². The molecule has 4 heteroatoms. The molecule has 1 rings (SSSR count). The average molecular weight is 216 g/mol. The summed E-state index contributed by atoms with van der Waals surface area (Å²) in [7, 11) is 1.69. The lowest BCUT2D eigenvalue weighted by Crippen LogP contribution is -2.25. The van der Waals surface area contributed by atoms with E-state index in [9.17, 15) is 0 Å². The van der Waals surface area contributed by atoms with Crippen LogP contribution in [-0.4, -0.2) is 52.6 Å². The molecule has 0 spiro atoms. The fourth-order valence-electron chi connectivity index (χ4n) is 1.32. The molecular formula is C11H24N2O2. The van der Waals surface area contributed by atoms with Crippen LogP contribution in [0, 0.1) is 0 Å². The third-order valence-electron chi connectivity index (χ3n) is 2.40. The highest BCUT2D eigenvalue weighted by Gasteiger charge is 2.19. The Labute approximate surface area is 92.7 Å². The summed E-state index contributed by atoms with van der Waals surface area (Å²) >= 11 is 0. The highest BCUT2D eigenvalue weighted by molar-refractivity contribution is 4.80. The van der Waals surface area contributed by atoms with Gasteiger partial charge in [-0.2, -0.15) is 0 Å². The number of methoxy groups -OCH3 is 1. The van der Waals surface area contributed by atoms with Crippen LogP contribution in [0.5, 0.6) is 0 Å². The average Bonchev–Trinajstić information content (AvgIpc) is 3.05. The third-order valence-corrected chi connectivity index (χ3v) is 2.40. The molecule has 0 aromatic carbocycles. The molecule has 0 amide bonds. The van der Waals surface area contributed by atoms with E-state index in [4.69, 9.17) is 9.47 Å².